The first-order chi connectivity index (χ1) is 13.5. The molecule has 2 aromatic carbocycles. The zero-order chi connectivity index (χ0) is 20.0. The fourth-order valence-electron chi connectivity index (χ4n) is 3.89. The summed E-state index contributed by atoms with van der Waals surface area (Å²) in [5, 5.41) is 13.5. The van der Waals surface area contributed by atoms with Gasteiger partial charge in [-0.05, 0) is 23.3 Å². The average molecular weight is 421 g/mol. The number of ether oxygens (including phenoxy) is 2. The lowest BCUT2D eigenvalue weighted by Gasteiger charge is -2.43. The molecular weight excluding hydrogens is 388 g/mol. The maximum absolute atomic E-state index is 10.1. The summed E-state index contributed by atoms with van der Waals surface area (Å²) >= 11 is 0. The molecule has 0 bridgehead atoms. The van der Waals surface area contributed by atoms with E-state index in [0.29, 0.717) is 6.61 Å². The minimum atomic E-state index is -0.275. The molecule has 3 rings (SSSR count). The van der Waals surface area contributed by atoms with Gasteiger partial charge in [0.2, 0.25) is 0 Å². The van der Waals surface area contributed by atoms with E-state index in [2.05, 4.69) is 48.3 Å². The maximum Gasteiger partial charge on any atom is 0.161 e. The van der Waals surface area contributed by atoms with Crippen LogP contribution in [0.5, 0.6) is 11.5 Å². The summed E-state index contributed by atoms with van der Waals surface area (Å²) in [5.41, 5.74) is 1.98. The number of halogens is 1. The third-order valence-electron chi connectivity index (χ3n) is 5.41. The van der Waals surface area contributed by atoms with Gasteiger partial charge < -0.3 is 19.9 Å². The van der Waals surface area contributed by atoms with Crippen LogP contribution in [0.25, 0.3) is 0 Å². The van der Waals surface area contributed by atoms with Gasteiger partial charge in [-0.3, -0.25) is 4.90 Å². The molecule has 160 valence electrons. The molecule has 2 aromatic rings. The Bertz CT molecular complexity index is 749. The molecule has 0 aliphatic carbocycles. The number of piperazine rings is 1. The van der Waals surface area contributed by atoms with Gasteiger partial charge in [0, 0.05) is 44.2 Å². The summed E-state index contributed by atoms with van der Waals surface area (Å²) in [6.07, 6.45) is 0. The third-order valence-corrected chi connectivity index (χ3v) is 5.41. The smallest absolute Gasteiger partial charge is 0.161 e. The first kappa shape index (κ1) is 23.5. The Hall–Kier alpha value is -1.79. The normalized spacial score (nSPS) is 16.0. The molecule has 1 atom stereocenters. The fraction of sp³-hybridized carbons (Fsp3) is 0.478. The standard InChI is InChI=1S/C23H32N2O3.ClH/c1-23(2,17-26)22(25-13-11-24-12-14-25)19-9-10-20(27-3)21(15-19)28-16-18-7-5-4-6-8-18;/h4-10,15,22,24,26H,11-14,16-17H2,1-3H3;1H/t22-;/m1./s1. The van der Waals surface area contributed by atoms with Gasteiger partial charge in [0.25, 0.3) is 0 Å². The SMILES string of the molecule is COc1ccc([C@@H](N2CCNCC2)C(C)(C)CO)cc1OCc1ccccc1.Cl. The van der Waals surface area contributed by atoms with Gasteiger partial charge in [0.05, 0.1) is 7.11 Å². The van der Waals surface area contributed by atoms with E-state index in [4.69, 9.17) is 9.47 Å². The Morgan fingerprint density at radius 3 is 2.38 bits per heavy atom. The third kappa shape index (κ3) is 5.86. The highest BCUT2D eigenvalue weighted by molar-refractivity contribution is 5.85. The Balaban J connectivity index is 0.00000300. The van der Waals surface area contributed by atoms with Crippen LogP contribution in [0.2, 0.25) is 0 Å². The average Bonchev–Trinajstić information content (AvgIpc) is 2.74. The number of benzene rings is 2. The van der Waals surface area contributed by atoms with E-state index < -0.39 is 0 Å². The lowest BCUT2D eigenvalue weighted by molar-refractivity contribution is 0.0303. The first-order valence-electron chi connectivity index (χ1n) is 9.95. The van der Waals surface area contributed by atoms with Crippen molar-refractivity contribution in [2.24, 2.45) is 5.41 Å². The molecule has 1 aliphatic rings. The molecule has 0 unspecified atom stereocenters. The Kier molecular flexibility index (Phi) is 8.78. The molecule has 0 radical (unpaired) electrons. The molecule has 6 heteroatoms. The molecule has 0 amide bonds. The van der Waals surface area contributed by atoms with Gasteiger partial charge in [0.1, 0.15) is 6.61 Å². The summed E-state index contributed by atoms with van der Waals surface area (Å²) in [4.78, 5) is 2.45. The summed E-state index contributed by atoms with van der Waals surface area (Å²) in [5.74, 6) is 1.46. The van der Waals surface area contributed by atoms with Crippen LogP contribution in [-0.4, -0.2) is 49.9 Å². The largest absolute Gasteiger partial charge is 0.493 e. The van der Waals surface area contributed by atoms with Crippen molar-refractivity contribution in [2.75, 3.05) is 39.9 Å². The number of nitrogens with one attached hydrogen (secondary N) is 1. The summed E-state index contributed by atoms with van der Waals surface area (Å²) in [6, 6.07) is 16.4. The van der Waals surface area contributed by atoms with E-state index in [1.165, 1.54) is 0 Å². The molecule has 1 heterocycles. The van der Waals surface area contributed by atoms with Gasteiger partial charge in [0.15, 0.2) is 11.5 Å². The summed E-state index contributed by atoms with van der Waals surface area (Å²) in [7, 11) is 1.66. The highest BCUT2D eigenvalue weighted by Gasteiger charge is 2.36. The van der Waals surface area contributed by atoms with E-state index in [1.54, 1.807) is 7.11 Å². The number of methoxy groups -OCH3 is 1. The second-order valence-corrected chi connectivity index (χ2v) is 8.02. The topological polar surface area (TPSA) is 54.0 Å². The Labute approximate surface area is 180 Å². The van der Waals surface area contributed by atoms with Crippen molar-refractivity contribution in [1.29, 1.82) is 0 Å². The van der Waals surface area contributed by atoms with Crippen LogP contribution >= 0.6 is 12.4 Å². The Morgan fingerprint density at radius 2 is 1.76 bits per heavy atom. The molecule has 0 spiro atoms. The summed E-state index contributed by atoms with van der Waals surface area (Å²) < 4.78 is 11.6. The molecule has 0 saturated carbocycles. The van der Waals surface area contributed by atoms with E-state index in [0.717, 1.165) is 48.8 Å². The quantitative estimate of drug-likeness (QED) is 0.682. The van der Waals surface area contributed by atoms with E-state index in [9.17, 15) is 5.11 Å². The predicted octanol–water partition coefficient (Wildman–Crippen LogP) is 3.66. The number of hydrogen-bond donors (Lipinski definition) is 2. The van der Waals surface area contributed by atoms with Crippen molar-refractivity contribution in [3.05, 3.63) is 59.7 Å². The summed E-state index contributed by atoms with van der Waals surface area (Å²) in [6.45, 7) is 8.69. The first-order valence-corrected chi connectivity index (χ1v) is 9.95. The number of rotatable bonds is 8. The van der Waals surface area contributed by atoms with Crippen LogP contribution < -0.4 is 14.8 Å². The van der Waals surface area contributed by atoms with Crippen LogP contribution in [-0.2, 0) is 6.61 Å². The number of nitrogens with zero attached hydrogens (tertiary/aromatic N) is 1. The van der Waals surface area contributed by atoms with Crippen molar-refractivity contribution >= 4 is 12.4 Å². The van der Waals surface area contributed by atoms with Crippen LogP contribution in [0, 0.1) is 5.41 Å². The highest BCUT2D eigenvalue weighted by Crippen LogP contribution is 2.41. The Morgan fingerprint density at radius 1 is 1.07 bits per heavy atom. The molecule has 5 nitrogen and oxygen atoms in total. The molecule has 1 fully saturated rings. The second kappa shape index (κ2) is 10.8. The van der Waals surface area contributed by atoms with Crippen LogP contribution in [0.1, 0.15) is 31.0 Å². The fourth-order valence-corrected chi connectivity index (χ4v) is 3.89. The number of aliphatic hydroxyl groups excluding tert-OH is 1. The van der Waals surface area contributed by atoms with Crippen molar-refractivity contribution < 1.29 is 14.6 Å². The minimum absolute atomic E-state index is 0. The number of aliphatic hydroxyl groups is 1. The van der Waals surface area contributed by atoms with E-state index in [1.807, 2.05) is 24.3 Å². The molecule has 1 saturated heterocycles. The van der Waals surface area contributed by atoms with Crippen molar-refractivity contribution in [3.8, 4) is 11.5 Å². The molecule has 2 N–H and O–H groups in total. The molecule has 1 aliphatic heterocycles. The van der Waals surface area contributed by atoms with Gasteiger partial charge >= 0.3 is 0 Å². The second-order valence-electron chi connectivity index (χ2n) is 8.02. The van der Waals surface area contributed by atoms with Gasteiger partial charge in [-0.1, -0.05) is 50.2 Å². The van der Waals surface area contributed by atoms with Crippen molar-refractivity contribution in [1.82, 2.24) is 10.2 Å². The van der Waals surface area contributed by atoms with Crippen LogP contribution in [0.4, 0.5) is 0 Å². The van der Waals surface area contributed by atoms with Crippen LogP contribution in [0.3, 0.4) is 0 Å². The van der Waals surface area contributed by atoms with Crippen LogP contribution in [0.15, 0.2) is 48.5 Å². The molecular formula is C23H33ClN2O3. The predicted molar refractivity (Wildman–Crippen MR) is 119 cm³/mol. The van der Waals surface area contributed by atoms with Crippen molar-refractivity contribution in [2.45, 2.75) is 26.5 Å². The number of hydrogen-bond acceptors (Lipinski definition) is 5. The van der Waals surface area contributed by atoms with E-state index in [-0.39, 0.29) is 30.5 Å². The molecule has 0 aromatic heterocycles. The van der Waals surface area contributed by atoms with E-state index >= 15 is 0 Å². The lowest BCUT2D eigenvalue weighted by Crippen LogP contribution is -2.49. The van der Waals surface area contributed by atoms with Gasteiger partial charge in [-0.25, -0.2) is 0 Å². The zero-order valence-electron chi connectivity index (χ0n) is 17.6. The minimum Gasteiger partial charge on any atom is -0.493 e. The monoisotopic (exact) mass is 420 g/mol. The van der Waals surface area contributed by atoms with Gasteiger partial charge in [-0.15, -0.1) is 12.4 Å². The zero-order valence-corrected chi connectivity index (χ0v) is 18.4. The molecule has 29 heavy (non-hydrogen) atoms. The maximum atomic E-state index is 10.1. The lowest BCUT2D eigenvalue weighted by atomic mass is 9.79. The highest BCUT2D eigenvalue weighted by atomic mass is 35.5. The van der Waals surface area contributed by atoms with Crippen molar-refractivity contribution in [3.63, 3.8) is 0 Å². The van der Waals surface area contributed by atoms with Gasteiger partial charge in [-0.2, -0.15) is 0 Å².